The molecule has 3 aliphatic carbocycles. The molecule has 0 aromatic rings. The molecule has 5 aliphatic rings. The van der Waals surface area contributed by atoms with Crippen LogP contribution in [0.25, 0.3) is 0 Å². The number of carbonyl (C=O) groups excluding carboxylic acids is 5. The second kappa shape index (κ2) is 10.0. The molecule has 9 atom stereocenters. The van der Waals surface area contributed by atoms with Gasteiger partial charge in [0.25, 0.3) is 0 Å². The minimum atomic E-state index is -1.76. The average molecular weight is 575 g/mol. The summed E-state index contributed by atoms with van der Waals surface area (Å²) >= 11 is 0. The number of hydrogen-bond donors (Lipinski definition) is 1. The van der Waals surface area contributed by atoms with E-state index in [1.807, 2.05) is 13.8 Å². The van der Waals surface area contributed by atoms with Crippen molar-refractivity contribution in [1.82, 2.24) is 0 Å². The van der Waals surface area contributed by atoms with Gasteiger partial charge >= 0.3 is 23.9 Å². The first kappa shape index (κ1) is 29.4. The van der Waals surface area contributed by atoms with E-state index in [4.69, 9.17) is 23.7 Å². The Balaban J connectivity index is 1.65. The van der Waals surface area contributed by atoms with E-state index in [9.17, 15) is 29.1 Å². The van der Waals surface area contributed by atoms with Crippen LogP contribution in [0.2, 0.25) is 0 Å². The third-order valence-electron chi connectivity index (χ3n) is 10.0. The Hall–Kier alpha value is -3.05. The molecule has 2 aliphatic heterocycles. The van der Waals surface area contributed by atoms with Crippen molar-refractivity contribution in [2.24, 2.45) is 28.6 Å². The van der Waals surface area contributed by atoms with Gasteiger partial charge in [0.1, 0.15) is 6.10 Å². The van der Waals surface area contributed by atoms with Gasteiger partial charge in [-0.3, -0.25) is 9.59 Å². The van der Waals surface area contributed by atoms with Gasteiger partial charge in [-0.1, -0.05) is 19.4 Å². The fourth-order valence-corrected chi connectivity index (χ4v) is 8.79. The van der Waals surface area contributed by atoms with Gasteiger partial charge in [0.15, 0.2) is 17.1 Å². The fraction of sp³-hybridized carbons (Fsp3) is 0.700. The summed E-state index contributed by atoms with van der Waals surface area (Å²) in [5.74, 6) is -5.29. The number of hydrogen-bond acceptors (Lipinski definition) is 11. The lowest BCUT2D eigenvalue weighted by atomic mass is 9.38. The van der Waals surface area contributed by atoms with Crippen LogP contribution in [-0.4, -0.2) is 72.4 Å². The zero-order valence-corrected chi connectivity index (χ0v) is 24.3. The van der Waals surface area contributed by atoms with Crippen molar-refractivity contribution >= 4 is 29.7 Å². The zero-order chi connectivity index (χ0) is 30.1. The Bertz CT molecular complexity index is 1260. The number of aliphatic hydroxyl groups is 1. The van der Waals surface area contributed by atoms with E-state index in [-0.39, 0.29) is 49.8 Å². The zero-order valence-electron chi connectivity index (χ0n) is 24.3. The summed E-state index contributed by atoms with van der Waals surface area (Å²) in [5, 5.41) is 11.8. The van der Waals surface area contributed by atoms with Crippen molar-refractivity contribution in [3.63, 3.8) is 0 Å². The summed E-state index contributed by atoms with van der Waals surface area (Å²) in [6, 6.07) is 0. The topological polar surface area (TPSA) is 152 Å². The number of allylic oxidation sites excluding steroid dienone is 3. The molecule has 11 nitrogen and oxygen atoms in total. The number of fused-ring (bicyclic) bond motifs is 2. The fourth-order valence-electron chi connectivity index (χ4n) is 8.79. The third-order valence-corrected chi connectivity index (χ3v) is 10.0. The van der Waals surface area contributed by atoms with Crippen LogP contribution in [0.5, 0.6) is 0 Å². The maximum Gasteiger partial charge on any atom is 0.348 e. The molecule has 41 heavy (non-hydrogen) atoms. The van der Waals surface area contributed by atoms with Gasteiger partial charge in [-0.15, -0.1) is 0 Å². The maximum absolute atomic E-state index is 13.6. The molecule has 0 aromatic carbocycles. The largest absolute Gasteiger partial charge is 0.467 e. The molecular weight excluding hydrogens is 536 g/mol. The predicted molar refractivity (Wildman–Crippen MR) is 139 cm³/mol. The smallest absolute Gasteiger partial charge is 0.348 e. The van der Waals surface area contributed by atoms with Gasteiger partial charge in [-0.25, -0.2) is 14.4 Å². The summed E-state index contributed by atoms with van der Waals surface area (Å²) in [7, 11) is 1.19. The monoisotopic (exact) mass is 574 g/mol. The minimum Gasteiger partial charge on any atom is -0.467 e. The first-order valence-corrected chi connectivity index (χ1v) is 14.2. The normalized spacial score (nSPS) is 40.6. The van der Waals surface area contributed by atoms with Crippen LogP contribution in [0, 0.1) is 28.6 Å². The summed E-state index contributed by atoms with van der Waals surface area (Å²) < 4.78 is 28.6. The van der Waals surface area contributed by atoms with Crippen molar-refractivity contribution in [3.8, 4) is 0 Å². The van der Waals surface area contributed by atoms with Crippen molar-refractivity contribution in [3.05, 3.63) is 23.0 Å². The lowest BCUT2D eigenvalue weighted by Crippen LogP contribution is -2.75. The number of methoxy groups -OCH3 is 1. The van der Waals surface area contributed by atoms with Crippen LogP contribution < -0.4 is 0 Å². The lowest BCUT2D eigenvalue weighted by Gasteiger charge is -2.66. The van der Waals surface area contributed by atoms with Crippen LogP contribution in [0.15, 0.2) is 23.0 Å². The van der Waals surface area contributed by atoms with Crippen molar-refractivity contribution in [2.75, 3.05) is 13.7 Å². The van der Waals surface area contributed by atoms with Crippen molar-refractivity contribution in [1.29, 1.82) is 0 Å². The van der Waals surface area contributed by atoms with Crippen molar-refractivity contribution in [2.45, 2.75) is 90.6 Å². The average Bonchev–Trinajstić information content (AvgIpc) is 3.13. The quantitative estimate of drug-likeness (QED) is 0.283. The molecule has 2 saturated heterocycles. The molecule has 2 saturated carbocycles. The lowest BCUT2D eigenvalue weighted by molar-refractivity contribution is -0.269. The van der Waals surface area contributed by atoms with Crippen LogP contribution in [-0.2, 0) is 47.7 Å². The minimum absolute atomic E-state index is 0.00553. The number of ketones is 1. The molecule has 1 N–H and O–H groups in total. The Morgan fingerprint density at radius 2 is 1.88 bits per heavy atom. The third kappa shape index (κ3) is 4.10. The summed E-state index contributed by atoms with van der Waals surface area (Å²) in [6.07, 6.45) is -1.50. The molecular formula is C30H38O11. The molecule has 2 heterocycles. The Labute approximate surface area is 238 Å². The summed E-state index contributed by atoms with van der Waals surface area (Å²) in [5.41, 5.74) is -2.57. The van der Waals surface area contributed by atoms with E-state index in [0.29, 0.717) is 17.6 Å². The number of Topliss-reactive ketones (excluding diaryl/α,β-unsaturated/α-hetero) is 1. The first-order valence-electron chi connectivity index (χ1n) is 14.2. The second-order valence-electron chi connectivity index (χ2n) is 12.6. The van der Waals surface area contributed by atoms with Gasteiger partial charge < -0.3 is 28.8 Å². The molecule has 1 spiro atoms. The molecule has 224 valence electrons. The Morgan fingerprint density at radius 1 is 1.17 bits per heavy atom. The number of ether oxygens (including phenoxy) is 5. The summed E-state index contributed by atoms with van der Waals surface area (Å²) in [4.78, 5) is 65.6. The second-order valence-corrected chi connectivity index (χ2v) is 12.6. The van der Waals surface area contributed by atoms with E-state index in [2.05, 4.69) is 0 Å². The van der Waals surface area contributed by atoms with Crippen LogP contribution >= 0.6 is 0 Å². The SMILES string of the molecule is CCCC(=O)OC1=C(C)C2C[C@H]3OC(=O)[C@H](OC(=O)C=C(C)C)[C@@H]4[C@]35CO[C@]4(C(=O)OC)C[C@H](O)C5[C@@]2(C)CC1=O. The molecule has 11 heteroatoms. The predicted octanol–water partition coefficient (Wildman–Crippen LogP) is 2.33. The van der Waals surface area contributed by atoms with Gasteiger partial charge in [0, 0.05) is 36.7 Å². The van der Waals surface area contributed by atoms with E-state index in [1.165, 1.54) is 13.2 Å². The highest BCUT2D eigenvalue weighted by atomic mass is 16.6. The summed E-state index contributed by atoms with van der Waals surface area (Å²) in [6.45, 7) is 8.82. The molecule has 0 amide bonds. The highest BCUT2D eigenvalue weighted by Crippen LogP contribution is 2.72. The van der Waals surface area contributed by atoms with Crippen molar-refractivity contribution < 1.29 is 52.8 Å². The Kier molecular flexibility index (Phi) is 7.21. The number of rotatable bonds is 6. The van der Waals surface area contributed by atoms with Gasteiger partial charge in [0.2, 0.25) is 6.10 Å². The van der Waals surface area contributed by atoms with Crippen LogP contribution in [0.3, 0.4) is 0 Å². The highest BCUT2D eigenvalue weighted by molar-refractivity contribution is 5.98. The molecule has 0 aromatic heterocycles. The van der Waals surface area contributed by atoms with E-state index in [1.54, 1.807) is 20.8 Å². The molecule has 5 rings (SSSR count). The number of carbonyl (C=O) groups is 5. The van der Waals surface area contributed by atoms with E-state index >= 15 is 0 Å². The molecule has 2 unspecified atom stereocenters. The molecule has 0 radical (unpaired) electrons. The highest BCUT2D eigenvalue weighted by Gasteiger charge is 2.82. The molecule has 2 bridgehead atoms. The first-order chi connectivity index (χ1) is 19.3. The molecule has 4 fully saturated rings. The van der Waals surface area contributed by atoms with Crippen LogP contribution in [0.4, 0.5) is 0 Å². The van der Waals surface area contributed by atoms with Crippen LogP contribution in [0.1, 0.15) is 66.7 Å². The van der Waals surface area contributed by atoms with Gasteiger partial charge in [-0.2, -0.15) is 0 Å². The van der Waals surface area contributed by atoms with E-state index < -0.39 is 70.5 Å². The van der Waals surface area contributed by atoms with Gasteiger partial charge in [0.05, 0.1) is 25.7 Å². The maximum atomic E-state index is 13.6. The number of aliphatic hydroxyl groups excluding tert-OH is 1. The van der Waals surface area contributed by atoms with E-state index in [0.717, 1.165) is 0 Å². The number of esters is 4. The van der Waals surface area contributed by atoms with Gasteiger partial charge in [-0.05, 0) is 50.5 Å². The standard InChI is InChI=1S/C30H38O11/c1-7-8-20(33)40-22-15(4)16-10-19-29-13-38-30(27(36)37-6,12-18(32)24(29)28(16,5)11-17(22)31)25(29)23(26(35)39-19)41-21(34)9-14(2)3/h9,16,18-19,23-25,32H,7-8,10-13H2,1-6H3/t16?,18-,19+,23+,24?,25+,28-,29+,30+/m0/s1. The Morgan fingerprint density at radius 3 is 2.51 bits per heavy atom.